The Bertz CT molecular complexity index is 390. The van der Waals surface area contributed by atoms with Crippen LogP contribution in [0.3, 0.4) is 0 Å². The fraction of sp³-hybridized carbons (Fsp3) is 0.842. The molecular formula is C19H35NO5Zn. The molecule has 1 amide bonds. The molecule has 0 saturated heterocycles. The van der Waals surface area contributed by atoms with Crippen LogP contribution in [0.1, 0.15) is 96.8 Å². The average molecular weight is 423 g/mol. The van der Waals surface area contributed by atoms with Gasteiger partial charge in [0.2, 0.25) is 5.91 Å². The molecular weight excluding hydrogens is 388 g/mol. The second-order valence-corrected chi connectivity index (χ2v) is 6.68. The third-order valence-electron chi connectivity index (χ3n) is 4.29. The molecule has 0 aliphatic carbocycles. The van der Waals surface area contributed by atoms with E-state index in [-0.39, 0.29) is 38.2 Å². The third-order valence-corrected chi connectivity index (χ3v) is 4.29. The largest absolute Gasteiger partial charge is 0.481 e. The summed E-state index contributed by atoms with van der Waals surface area (Å²) in [4.78, 5) is 33.2. The molecule has 7 heteroatoms. The fourth-order valence-electron chi connectivity index (χ4n) is 2.74. The summed E-state index contributed by atoms with van der Waals surface area (Å²) < 4.78 is 0. The number of carboxylic acid groups (broad SMARTS) is 2. The Balaban J connectivity index is 0. The van der Waals surface area contributed by atoms with Crippen molar-refractivity contribution < 1.29 is 44.1 Å². The maximum Gasteiger partial charge on any atom is 0.326 e. The summed E-state index contributed by atoms with van der Waals surface area (Å²) in [5.41, 5.74) is 0. The van der Waals surface area contributed by atoms with Gasteiger partial charge in [0.1, 0.15) is 6.04 Å². The standard InChI is InChI=1S/C19H35NO5.Zn/c1-2-3-4-5-6-7-8-9-10-11-12-13-17(21)20-16(19(24)25)14-15-18(22)23;/h16H,2-15H2,1H3,(H,20,21)(H,22,23)(H,24,25);/t16-;/m0./s1. The van der Waals surface area contributed by atoms with Crippen molar-refractivity contribution in [1.82, 2.24) is 5.32 Å². The van der Waals surface area contributed by atoms with Crippen LogP contribution in [-0.4, -0.2) is 34.1 Å². The maximum absolute atomic E-state index is 11.7. The van der Waals surface area contributed by atoms with Crippen LogP contribution in [0.5, 0.6) is 0 Å². The van der Waals surface area contributed by atoms with Crippen molar-refractivity contribution in [2.24, 2.45) is 0 Å². The van der Waals surface area contributed by atoms with Gasteiger partial charge in [0, 0.05) is 32.3 Å². The van der Waals surface area contributed by atoms with Gasteiger partial charge in [-0.2, -0.15) is 0 Å². The molecule has 0 aliphatic heterocycles. The summed E-state index contributed by atoms with van der Waals surface area (Å²) in [6.07, 6.45) is 13.1. The van der Waals surface area contributed by atoms with Gasteiger partial charge >= 0.3 is 11.9 Å². The van der Waals surface area contributed by atoms with Crippen LogP contribution in [0, 0.1) is 0 Å². The first-order valence-electron chi connectivity index (χ1n) is 9.71. The van der Waals surface area contributed by atoms with E-state index in [1.165, 1.54) is 51.4 Å². The van der Waals surface area contributed by atoms with Crippen LogP contribution in [0.4, 0.5) is 0 Å². The summed E-state index contributed by atoms with van der Waals surface area (Å²) in [6.45, 7) is 2.22. The normalized spacial score (nSPS) is 11.4. The molecule has 0 aromatic carbocycles. The van der Waals surface area contributed by atoms with Crippen molar-refractivity contribution in [2.45, 2.75) is 103 Å². The molecule has 0 rings (SSSR count). The maximum atomic E-state index is 11.7. The minimum atomic E-state index is -1.19. The molecule has 6 nitrogen and oxygen atoms in total. The molecule has 0 aromatic rings. The number of amides is 1. The monoisotopic (exact) mass is 421 g/mol. The predicted molar refractivity (Wildman–Crippen MR) is 97.5 cm³/mol. The van der Waals surface area contributed by atoms with E-state index in [0.717, 1.165) is 19.3 Å². The Morgan fingerprint density at radius 3 is 1.65 bits per heavy atom. The first-order chi connectivity index (χ1) is 12.0. The summed E-state index contributed by atoms with van der Waals surface area (Å²) in [6, 6.07) is -1.11. The smallest absolute Gasteiger partial charge is 0.326 e. The second kappa shape index (κ2) is 18.8. The molecule has 0 aliphatic rings. The van der Waals surface area contributed by atoms with Crippen LogP contribution in [0.2, 0.25) is 0 Å². The van der Waals surface area contributed by atoms with E-state index in [2.05, 4.69) is 12.2 Å². The van der Waals surface area contributed by atoms with Crippen molar-refractivity contribution >= 4 is 17.8 Å². The number of hydrogen-bond donors (Lipinski definition) is 3. The molecule has 1 atom stereocenters. The van der Waals surface area contributed by atoms with Crippen molar-refractivity contribution in [3.8, 4) is 0 Å². The van der Waals surface area contributed by atoms with Gasteiger partial charge in [-0.3, -0.25) is 9.59 Å². The molecule has 3 N–H and O–H groups in total. The molecule has 26 heavy (non-hydrogen) atoms. The minimum absolute atomic E-state index is 0. The van der Waals surface area contributed by atoms with Gasteiger partial charge in [0.25, 0.3) is 0 Å². The van der Waals surface area contributed by atoms with Gasteiger partial charge in [-0.05, 0) is 12.8 Å². The van der Waals surface area contributed by atoms with Crippen molar-refractivity contribution in [2.75, 3.05) is 0 Å². The number of hydrogen-bond acceptors (Lipinski definition) is 3. The van der Waals surface area contributed by atoms with E-state index in [1.54, 1.807) is 0 Å². The van der Waals surface area contributed by atoms with Crippen molar-refractivity contribution in [3.05, 3.63) is 0 Å². The third kappa shape index (κ3) is 17.8. The predicted octanol–water partition coefficient (Wildman–Crippen LogP) is 4.12. The van der Waals surface area contributed by atoms with Crippen LogP contribution in [0.15, 0.2) is 0 Å². The number of carbonyl (C=O) groups is 3. The number of aliphatic carboxylic acids is 2. The Morgan fingerprint density at radius 2 is 1.23 bits per heavy atom. The quantitative estimate of drug-likeness (QED) is 0.241. The van der Waals surface area contributed by atoms with Crippen LogP contribution < -0.4 is 5.32 Å². The zero-order valence-corrected chi connectivity index (χ0v) is 19.3. The molecule has 0 unspecified atom stereocenters. The number of carboxylic acids is 2. The van der Waals surface area contributed by atoms with Gasteiger partial charge in [-0.1, -0.05) is 71.1 Å². The fourth-order valence-corrected chi connectivity index (χ4v) is 2.74. The number of nitrogens with one attached hydrogen (secondary N) is 1. The Hall–Kier alpha value is -0.967. The van der Waals surface area contributed by atoms with Gasteiger partial charge in [-0.25, -0.2) is 4.79 Å². The Morgan fingerprint density at radius 1 is 0.769 bits per heavy atom. The molecule has 0 bridgehead atoms. The summed E-state index contributed by atoms with van der Waals surface area (Å²) >= 11 is 0. The van der Waals surface area contributed by atoms with Gasteiger partial charge in [-0.15, -0.1) is 0 Å². The number of unbranched alkanes of at least 4 members (excludes halogenated alkanes) is 10. The minimum Gasteiger partial charge on any atom is -0.481 e. The van der Waals surface area contributed by atoms with E-state index < -0.39 is 18.0 Å². The van der Waals surface area contributed by atoms with E-state index in [0.29, 0.717) is 6.42 Å². The first-order valence-corrected chi connectivity index (χ1v) is 9.71. The van der Waals surface area contributed by atoms with Crippen LogP contribution in [-0.2, 0) is 33.9 Å². The molecule has 0 heterocycles. The average Bonchev–Trinajstić information content (AvgIpc) is 2.56. The van der Waals surface area contributed by atoms with Gasteiger partial charge in [0.15, 0.2) is 0 Å². The molecule has 0 aromatic heterocycles. The van der Waals surface area contributed by atoms with Crippen molar-refractivity contribution in [3.63, 3.8) is 0 Å². The first kappa shape index (κ1) is 27.3. The number of carbonyl (C=O) groups excluding carboxylic acids is 1. The molecule has 0 radical (unpaired) electrons. The number of rotatable bonds is 17. The summed E-state index contributed by atoms with van der Waals surface area (Å²) in [5, 5.41) is 20.0. The van der Waals surface area contributed by atoms with E-state index in [1.807, 2.05) is 0 Å². The van der Waals surface area contributed by atoms with E-state index in [9.17, 15) is 14.4 Å². The topological polar surface area (TPSA) is 104 Å². The van der Waals surface area contributed by atoms with E-state index >= 15 is 0 Å². The second-order valence-electron chi connectivity index (χ2n) is 6.68. The molecule has 0 spiro atoms. The molecule has 0 saturated carbocycles. The van der Waals surface area contributed by atoms with Crippen LogP contribution >= 0.6 is 0 Å². The SMILES string of the molecule is CCCCCCCCCCCCCC(=O)N[C@@H](CCC(=O)O)C(=O)O.[Zn]. The van der Waals surface area contributed by atoms with Crippen molar-refractivity contribution in [1.29, 1.82) is 0 Å². The Kier molecular flexibility index (Phi) is 19.7. The molecule has 148 valence electrons. The zero-order chi connectivity index (χ0) is 18.9. The zero-order valence-electron chi connectivity index (χ0n) is 16.3. The van der Waals surface area contributed by atoms with Crippen LogP contribution in [0.25, 0.3) is 0 Å². The van der Waals surface area contributed by atoms with Gasteiger partial charge < -0.3 is 15.5 Å². The Labute approximate surface area is 170 Å². The van der Waals surface area contributed by atoms with E-state index in [4.69, 9.17) is 10.2 Å². The van der Waals surface area contributed by atoms with Gasteiger partial charge in [0.05, 0.1) is 0 Å². The summed E-state index contributed by atoms with van der Waals surface area (Å²) in [7, 11) is 0. The molecule has 0 fully saturated rings. The summed E-state index contributed by atoms with van der Waals surface area (Å²) in [5.74, 6) is -2.56.